The second kappa shape index (κ2) is 6.23. The number of aromatic nitrogens is 3. The average Bonchev–Trinajstić information content (AvgIpc) is 3.27. The molecule has 3 aromatic rings. The molecular weight excluding hydrogens is 320 g/mol. The molecule has 1 aliphatic rings. The predicted molar refractivity (Wildman–Crippen MR) is 92.3 cm³/mol. The highest BCUT2D eigenvalue weighted by atomic mass is 16.4. The van der Waals surface area contributed by atoms with Crippen LogP contribution in [0.2, 0.25) is 0 Å². The number of piperidine rings is 1. The summed E-state index contributed by atoms with van der Waals surface area (Å²) in [6.07, 6.45) is 7.41. The Balaban J connectivity index is 1.59. The second-order valence-corrected chi connectivity index (χ2v) is 6.47. The van der Waals surface area contributed by atoms with Crippen LogP contribution in [0.1, 0.15) is 31.8 Å². The average molecular weight is 340 g/mol. The van der Waals surface area contributed by atoms with Crippen molar-refractivity contribution >= 4 is 17.0 Å². The van der Waals surface area contributed by atoms with Crippen LogP contribution in [0.15, 0.2) is 52.2 Å². The van der Waals surface area contributed by atoms with Crippen LogP contribution < -0.4 is 5.76 Å². The first kappa shape index (κ1) is 15.7. The summed E-state index contributed by atoms with van der Waals surface area (Å²) in [6, 6.07) is 6.81. The van der Waals surface area contributed by atoms with Crippen LogP contribution in [0.5, 0.6) is 0 Å². The number of benzene rings is 1. The molecule has 0 bridgehead atoms. The number of fused-ring (bicyclic) bond motifs is 1. The number of oxazole rings is 1. The first-order chi connectivity index (χ1) is 12.1. The minimum Gasteiger partial charge on any atom is -0.408 e. The maximum Gasteiger partial charge on any atom is 0.420 e. The van der Waals surface area contributed by atoms with Crippen LogP contribution in [0, 0.1) is 0 Å². The molecule has 0 N–H and O–H groups in total. The van der Waals surface area contributed by atoms with Crippen LogP contribution >= 0.6 is 0 Å². The highest BCUT2D eigenvalue weighted by molar-refractivity contribution is 5.83. The van der Waals surface area contributed by atoms with Gasteiger partial charge in [-0.2, -0.15) is 0 Å². The third-order valence-electron chi connectivity index (χ3n) is 4.92. The van der Waals surface area contributed by atoms with Crippen LogP contribution in [0.25, 0.3) is 11.1 Å². The lowest BCUT2D eigenvalue weighted by atomic mass is 10.0. The van der Waals surface area contributed by atoms with E-state index in [9.17, 15) is 9.59 Å². The number of rotatable bonds is 3. The van der Waals surface area contributed by atoms with Gasteiger partial charge in [-0.25, -0.2) is 9.78 Å². The van der Waals surface area contributed by atoms with Crippen molar-refractivity contribution in [1.82, 2.24) is 19.0 Å². The third-order valence-corrected chi connectivity index (χ3v) is 4.92. The zero-order valence-electron chi connectivity index (χ0n) is 14.0. The number of amides is 1. The van der Waals surface area contributed by atoms with Crippen LogP contribution in [0.3, 0.4) is 0 Å². The van der Waals surface area contributed by atoms with E-state index in [-0.39, 0.29) is 11.9 Å². The van der Waals surface area contributed by atoms with Crippen LogP contribution in [-0.4, -0.2) is 38.0 Å². The maximum absolute atomic E-state index is 13.0. The molecule has 0 spiro atoms. The molecular formula is C18H20N4O3. The van der Waals surface area contributed by atoms with Crippen molar-refractivity contribution < 1.29 is 9.21 Å². The molecule has 25 heavy (non-hydrogen) atoms. The molecule has 1 aromatic carbocycles. The Labute approximate surface area is 144 Å². The fourth-order valence-electron chi connectivity index (χ4n) is 3.61. The van der Waals surface area contributed by atoms with E-state index >= 15 is 0 Å². The molecule has 1 saturated heterocycles. The van der Waals surface area contributed by atoms with E-state index < -0.39 is 11.8 Å². The van der Waals surface area contributed by atoms with E-state index in [2.05, 4.69) is 4.98 Å². The molecule has 130 valence electrons. The van der Waals surface area contributed by atoms with Gasteiger partial charge in [-0.3, -0.25) is 9.36 Å². The molecule has 0 saturated carbocycles. The Kier molecular flexibility index (Phi) is 3.91. The van der Waals surface area contributed by atoms with Crippen LogP contribution in [0.4, 0.5) is 0 Å². The van der Waals surface area contributed by atoms with Gasteiger partial charge in [0.25, 0.3) is 0 Å². The monoisotopic (exact) mass is 340 g/mol. The molecule has 4 rings (SSSR count). The molecule has 2 aromatic heterocycles. The summed E-state index contributed by atoms with van der Waals surface area (Å²) >= 11 is 0. The minimum absolute atomic E-state index is 0.0570. The number of hydrogen-bond acceptors (Lipinski definition) is 4. The summed E-state index contributed by atoms with van der Waals surface area (Å²) < 4.78 is 8.75. The van der Waals surface area contributed by atoms with Crippen LogP contribution in [-0.2, 0) is 4.79 Å². The number of nitrogens with zero attached hydrogens (tertiary/aromatic N) is 4. The Morgan fingerprint density at radius 2 is 2.20 bits per heavy atom. The first-order valence-electron chi connectivity index (χ1n) is 8.51. The highest BCUT2D eigenvalue weighted by Gasteiger charge is 2.30. The molecule has 1 amide bonds. The van der Waals surface area contributed by atoms with Gasteiger partial charge in [-0.1, -0.05) is 12.1 Å². The first-order valence-corrected chi connectivity index (χ1v) is 8.51. The minimum atomic E-state index is -0.599. The standard InChI is InChI=1S/C18H20N4O3/c1-13(22-15-6-2-3-7-16(15)25-18(22)24)17(23)20-9-4-5-14(11-20)21-10-8-19-12-21/h2-3,6-8,10,12-14H,4-5,9,11H2,1H3/t13-,14-/m0/s1. The molecule has 3 heterocycles. The van der Waals surface area contributed by atoms with E-state index in [1.807, 2.05) is 27.8 Å². The third kappa shape index (κ3) is 2.75. The Morgan fingerprint density at radius 3 is 3.00 bits per heavy atom. The lowest BCUT2D eigenvalue weighted by Crippen LogP contribution is -2.44. The summed E-state index contributed by atoms with van der Waals surface area (Å²) in [4.78, 5) is 31.2. The van der Waals surface area contributed by atoms with Gasteiger partial charge in [-0.05, 0) is 31.9 Å². The Bertz CT molecular complexity index is 941. The summed E-state index contributed by atoms with van der Waals surface area (Å²) in [6.45, 7) is 3.09. The Hall–Kier alpha value is -2.83. The lowest BCUT2D eigenvalue weighted by molar-refractivity contribution is -0.136. The fourth-order valence-corrected chi connectivity index (χ4v) is 3.61. The van der Waals surface area contributed by atoms with Crippen molar-refractivity contribution in [3.63, 3.8) is 0 Å². The lowest BCUT2D eigenvalue weighted by Gasteiger charge is -2.34. The molecule has 1 fully saturated rings. The second-order valence-electron chi connectivity index (χ2n) is 6.47. The largest absolute Gasteiger partial charge is 0.420 e. The number of likely N-dealkylation sites (tertiary alicyclic amines) is 1. The molecule has 1 aliphatic heterocycles. The van der Waals surface area contributed by atoms with Gasteiger partial charge in [0, 0.05) is 25.5 Å². The SMILES string of the molecule is C[C@@H](C(=O)N1CCC[C@H](n2ccnc2)C1)n1c(=O)oc2ccccc21. The molecule has 0 unspecified atom stereocenters. The number of carbonyl (C=O) groups is 1. The number of para-hydroxylation sites is 2. The van der Waals surface area contributed by atoms with E-state index in [0.717, 1.165) is 12.8 Å². The van der Waals surface area contributed by atoms with E-state index in [4.69, 9.17) is 4.42 Å². The zero-order valence-corrected chi connectivity index (χ0v) is 14.0. The summed E-state index contributed by atoms with van der Waals surface area (Å²) in [7, 11) is 0. The summed E-state index contributed by atoms with van der Waals surface area (Å²) in [5, 5.41) is 0. The van der Waals surface area contributed by atoms with E-state index in [1.54, 1.807) is 31.6 Å². The van der Waals surface area contributed by atoms with Gasteiger partial charge in [0.1, 0.15) is 6.04 Å². The van der Waals surface area contributed by atoms with Crippen molar-refractivity contribution in [3.8, 4) is 0 Å². The van der Waals surface area contributed by atoms with Crippen molar-refractivity contribution in [2.24, 2.45) is 0 Å². The Morgan fingerprint density at radius 1 is 1.36 bits per heavy atom. The molecule has 0 radical (unpaired) electrons. The van der Waals surface area contributed by atoms with Gasteiger partial charge >= 0.3 is 5.76 Å². The van der Waals surface area contributed by atoms with E-state index in [1.165, 1.54) is 4.57 Å². The highest BCUT2D eigenvalue weighted by Crippen LogP contribution is 2.24. The van der Waals surface area contributed by atoms with Crippen molar-refractivity contribution in [3.05, 3.63) is 53.5 Å². The van der Waals surface area contributed by atoms with Crippen molar-refractivity contribution in [2.45, 2.75) is 31.8 Å². The fraction of sp³-hybridized carbons (Fsp3) is 0.389. The summed E-state index contributed by atoms with van der Waals surface area (Å²) in [5.41, 5.74) is 1.15. The zero-order chi connectivity index (χ0) is 17.4. The predicted octanol–water partition coefficient (Wildman–Crippen LogP) is 2.22. The van der Waals surface area contributed by atoms with Gasteiger partial charge in [0.2, 0.25) is 5.91 Å². The number of imidazole rings is 1. The number of hydrogen-bond donors (Lipinski definition) is 0. The maximum atomic E-state index is 13.0. The molecule has 2 atom stereocenters. The van der Waals surface area contributed by atoms with Crippen molar-refractivity contribution in [2.75, 3.05) is 13.1 Å². The van der Waals surface area contributed by atoms with Crippen molar-refractivity contribution in [1.29, 1.82) is 0 Å². The van der Waals surface area contributed by atoms with Gasteiger partial charge in [0.15, 0.2) is 5.58 Å². The van der Waals surface area contributed by atoms with Gasteiger partial charge < -0.3 is 13.9 Å². The molecule has 7 heteroatoms. The van der Waals surface area contributed by atoms with Gasteiger partial charge in [0.05, 0.1) is 17.9 Å². The molecule has 0 aliphatic carbocycles. The number of carbonyl (C=O) groups excluding carboxylic acids is 1. The normalized spacial score (nSPS) is 19.2. The summed E-state index contributed by atoms with van der Waals surface area (Å²) in [5.74, 6) is -0.552. The van der Waals surface area contributed by atoms with Gasteiger partial charge in [-0.15, -0.1) is 0 Å². The quantitative estimate of drug-likeness (QED) is 0.733. The van der Waals surface area contributed by atoms with E-state index in [0.29, 0.717) is 24.2 Å². The smallest absolute Gasteiger partial charge is 0.408 e. The topological polar surface area (TPSA) is 73.3 Å². The molecule has 7 nitrogen and oxygen atoms in total.